The van der Waals surface area contributed by atoms with Crippen molar-refractivity contribution >= 4 is 5.91 Å². The van der Waals surface area contributed by atoms with Gasteiger partial charge in [-0.3, -0.25) is 4.79 Å². The van der Waals surface area contributed by atoms with Gasteiger partial charge in [-0.05, 0) is 56.5 Å². The number of ether oxygens (including phenoxy) is 1. The molecule has 2 heterocycles. The molecule has 3 rings (SSSR count). The first kappa shape index (κ1) is 15.3. The molecule has 120 valence electrons. The summed E-state index contributed by atoms with van der Waals surface area (Å²) in [5.41, 5.74) is 1.07. The highest BCUT2D eigenvalue weighted by atomic mass is 16.5. The molecule has 0 unspecified atom stereocenters. The smallest absolute Gasteiger partial charge is 0.227 e. The highest BCUT2D eigenvalue weighted by Gasteiger charge is 2.30. The average Bonchev–Trinajstić information content (AvgIpc) is 3.20. The van der Waals surface area contributed by atoms with Gasteiger partial charge in [0.15, 0.2) is 0 Å². The van der Waals surface area contributed by atoms with Gasteiger partial charge in [0.1, 0.15) is 5.75 Å². The SMILES string of the molecule is COc1ccc(CC(=O)N2CCC[C@@H]2CN2CCCC2)cc1. The van der Waals surface area contributed by atoms with Crippen molar-refractivity contribution in [3.05, 3.63) is 29.8 Å². The van der Waals surface area contributed by atoms with Gasteiger partial charge in [-0.15, -0.1) is 0 Å². The number of carbonyl (C=O) groups is 1. The molecule has 0 aromatic heterocycles. The quantitative estimate of drug-likeness (QED) is 0.837. The minimum absolute atomic E-state index is 0.270. The number of amides is 1. The van der Waals surface area contributed by atoms with Gasteiger partial charge < -0.3 is 14.5 Å². The second-order valence-corrected chi connectivity index (χ2v) is 6.42. The zero-order chi connectivity index (χ0) is 15.4. The highest BCUT2D eigenvalue weighted by molar-refractivity contribution is 5.79. The van der Waals surface area contributed by atoms with Crippen LogP contribution in [0.3, 0.4) is 0 Å². The fourth-order valence-corrected chi connectivity index (χ4v) is 3.64. The molecule has 4 heteroatoms. The van der Waals surface area contributed by atoms with Gasteiger partial charge in [0.05, 0.1) is 13.5 Å². The zero-order valence-corrected chi connectivity index (χ0v) is 13.5. The third-order valence-electron chi connectivity index (χ3n) is 4.88. The lowest BCUT2D eigenvalue weighted by Gasteiger charge is -2.28. The van der Waals surface area contributed by atoms with Crippen molar-refractivity contribution in [2.75, 3.05) is 33.3 Å². The van der Waals surface area contributed by atoms with Gasteiger partial charge in [-0.1, -0.05) is 12.1 Å². The van der Waals surface area contributed by atoms with Crippen molar-refractivity contribution in [3.63, 3.8) is 0 Å². The molecular weight excluding hydrogens is 276 g/mol. The van der Waals surface area contributed by atoms with E-state index in [0.29, 0.717) is 12.5 Å². The molecule has 2 fully saturated rings. The first-order valence-corrected chi connectivity index (χ1v) is 8.41. The molecule has 1 atom stereocenters. The molecule has 2 aliphatic heterocycles. The number of nitrogens with zero attached hydrogens (tertiary/aromatic N) is 2. The maximum atomic E-state index is 12.6. The molecule has 1 amide bonds. The number of methoxy groups -OCH3 is 1. The van der Waals surface area contributed by atoms with E-state index in [2.05, 4.69) is 9.80 Å². The van der Waals surface area contributed by atoms with Gasteiger partial charge in [-0.25, -0.2) is 0 Å². The molecule has 0 spiro atoms. The Kier molecular flexibility index (Phi) is 4.98. The predicted octanol–water partition coefficient (Wildman–Crippen LogP) is 2.32. The number of rotatable bonds is 5. The van der Waals surface area contributed by atoms with E-state index in [9.17, 15) is 4.79 Å². The third kappa shape index (κ3) is 3.61. The molecule has 2 saturated heterocycles. The van der Waals surface area contributed by atoms with Gasteiger partial charge in [0.2, 0.25) is 5.91 Å². The summed E-state index contributed by atoms with van der Waals surface area (Å²) in [5.74, 6) is 1.11. The average molecular weight is 302 g/mol. The number of carbonyl (C=O) groups excluding carboxylic acids is 1. The minimum Gasteiger partial charge on any atom is -0.497 e. The van der Waals surface area contributed by atoms with E-state index in [4.69, 9.17) is 4.74 Å². The number of hydrogen-bond acceptors (Lipinski definition) is 3. The Balaban J connectivity index is 1.57. The van der Waals surface area contributed by atoms with E-state index in [0.717, 1.165) is 37.2 Å². The summed E-state index contributed by atoms with van der Waals surface area (Å²) in [7, 11) is 1.66. The van der Waals surface area contributed by atoms with Crippen LogP contribution in [0.1, 0.15) is 31.2 Å². The van der Waals surface area contributed by atoms with E-state index in [-0.39, 0.29) is 5.91 Å². The molecule has 22 heavy (non-hydrogen) atoms. The molecule has 4 nitrogen and oxygen atoms in total. The van der Waals surface area contributed by atoms with Crippen LogP contribution in [0.5, 0.6) is 5.75 Å². The Bertz CT molecular complexity index is 494. The van der Waals surface area contributed by atoms with Crippen molar-refractivity contribution in [1.82, 2.24) is 9.80 Å². The van der Waals surface area contributed by atoms with E-state index >= 15 is 0 Å². The second kappa shape index (κ2) is 7.14. The first-order chi connectivity index (χ1) is 10.8. The summed E-state index contributed by atoms with van der Waals surface area (Å²) in [5, 5.41) is 0. The maximum Gasteiger partial charge on any atom is 0.227 e. The molecule has 0 aliphatic carbocycles. The van der Waals surface area contributed by atoms with Crippen LogP contribution in [0.2, 0.25) is 0 Å². The van der Waals surface area contributed by atoms with Gasteiger partial charge in [-0.2, -0.15) is 0 Å². The lowest BCUT2D eigenvalue weighted by atomic mass is 10.1. The maximum absolute atomic E-state index is 12.6. The lowest BCUT2D eigenvalue weighted by Crippen LogP contribution is -2.43. The van der Waals surface area contributed by atoms with Crippen LogP contribution < -0.4 is 4.74 Å². The highest BCUT2D eigenvalue weighted by Crippen LogP contribution is 2.22. The van der Waals surface area contributed by atoms with E-state index in [1.165, 1.54) is 25.9 Å². The van der Waals surface area contributed by atoms with Crippen LogP contribution in [0.4, 0.5) is 0 Å². The molecule has 0 bridgehead atoms. The third-order valence-corrected chi connectivity index (χ3v) is 4.88. The molecule has 1 aromatic carbocycles. The van der Waals surface area contributed by atoms with Gasteiger partial charge in [0.25, 0.3) is 0 Å². The van der Waals surface area contributed by atoms with Crippen molar-refractivity contribution in [2.24, 2.45) is 0 Å². The van der Waals surface area contributed by atoms with E-state index < -0.39 is 0 Å². The predicted molar refractivity (Wildman–Crippen MR) is 87.1 cm³/mol. The standard InChI is InChI=1S/C18H26N2O2/c1-22-17-8-6-15(7-9-17)13-18(21)20-12-4-5-16(20)14-19-10-2-3-11-19/h6-9,16H,2-5,10-14H2,1H3/t16-/m1/s1. The van der Waals surface area contributed by atoms with Crippen LogP contribution in [-0.4, -0.2) is 55.0 Å². The number of benzene rings is 1. The molecule has 0 N–H and O–H groups in total. The van der Waals surface area contributed by atoms with Crippen LogP contribution in [0, 0.1) is 0 Å². The summed E-state index contributed by atoms with van der Waals surface area (Å²) >= 11 is 0. The monoisotopic (exact) mass is 302 g/mol. The molecule has 2 aliphatic rings. The van der Waals surface area contributed by atoms with Crippen LogP contribution >= 0.6 is 0 Å². The summed E-state index contributed by atoms with van der Waals surface area (Å²) < 4.78 is 5.16. The first-order valence-electron chi connectivity index (χ1n) is 8.41. The summed E-state index contributed by atoms with van der Waals surface area (Å²) in [6.07, 6.45) is 5.43. The Labute approximate surface area is 133 Å². The largest absolute Gasteiger partial charge is 0.497 e. The van der Waals surface area contributed by atoms with Crippen molar-refractivity contribution < 1.29 is 9.53 Å². The van der Waals surface area contributed by atoms with E-state index in [1.54, 1.807) is 7.11 Å². The van der Waals surface area contributed by atoms with Gasteiger partial charge >= 0.3 is 0 Å². The van der Waals surface area contributed by atoms with Gasteiger partial charge in [0, 0.05) is 19.1 Å². The summed E-state index contributed by atoms with van der Waals surface area (Å²) in [4.78, 5) is 17.3. The van der Waals surface area contributed by atoms with Crippen molar-refractivity contribution in [1.29, 1.82) is 0 Å². The fourth-order valence-electron chi connectivity index (χ4n) is 3.64. The van der Waals surface area contributed by atoms with Crippen LogP contribution in [-0.2, 0) is 11.2 Å². The second-order valence-electron chi connectivity index (χ2n) is 6.42. The van der Waals surface area contributed by atoms with Crippen LogP contribution in [0.15, 0.2) is 24.3 Å². The van der Waals surface area contributed by atoms with E-state index in [1.807, 2.05) is 24.3 Å². The molecule has 1 aromatic rings. The van der Waals surface area contributed by atoms with Crippen molar-refractivity contribution in [2.45, 2.75) is 38.1 Å². The molecular formula is C18H26N2O2. The summed E-state index contributed by atoms with van der Waals surface area (Å²) in [6.45, 7) is 4.40. The summed E-state index contributed by atoms with van der Waals surface area (Å²) in [6, 6.07) is 8.25. The van der Waals surface area contributed by atoms with Crippen molar-refractivity contribution in [3.8, 4) is 5.75 Å². The Morgan fingerprint density at radius 1 is 1.14 bits per heavy atom. The Morgan fingerprint density at radius 3 is 2.55 bits per heavy atom. The topological polar surface area (TPSA) is 32.8 Å². The zero-order valence-electron chi connectivity index (χ0n) is 13.5. The van der Waals surface area contributed by atoms with Crippen LogP contribution in [0.25, 0.3) is 0 Å². The minimum atomic E-state index is 0.270. The Hall–Kier alpha value is -1.55. The molecule has 0 saturated carbocycles. The molecule has 0 radical (unpaired) electrons. The Morgan fingerprint density at radius 2 is 1.86 bits per heavy atom. The number of hydrogen-bond donors (Lipinski definition) is 0. The fraction of sp³-hybridized carbons (Fsp3) is 0.611. The lowest BCUT2D eigenvalue weighted by molar-refractivity contribution is -0.131. The normalized spacial score (nSPS) is 22.2. The number of likely N-dealkylation sites (tertiary alicyclic amines) is 2.